The van der Waals surface area contributed by atoms with Gasteiger partial charge in [-0.3, -0.25) is 4.79 Å². The number of carbonyl (C=O) groups is 2. The Hall–Kier alpha value is -3.24. The lowest BCUT2D eigenvalue weighted by molar-refractivity contribution is 0.0954. The van der Waals surface area contributed by atoms with Crippen LogP contribution in [0.5, 0.6) is 5.88 Å². The quantitative estimate of drug-likeness (QED) is 0.476. The van der Waals surface area contributed by atoms with Crippen LogP contribution in [-0.2, 0) is 17.9 Å². The molecule has 1 aromatic carbocycles. The Kier molecular flexibility index (Phi) is 7.60. The molecular formula is C22H27N5O4S. The second-order valence-corrected chi connectivity index (χ2v) is 8.45. The number of benzene rings is 1. The summed E-state index contributed by atoms with van der Waals surface area (Å²) < 4.78 is 10.5. The molecule has 0 radical (unpaired) electrons. The van der Waals surface area contributed by atoms with Crippen LogP contribution in [0.3, 0.4) is 0 Å². The highest BCUT2D eigenvalue weighted by atomic mass is 32.1. The van der Waals surface area contributed by atoms with Gasteiger partial charge in [0.15, 0.2) is 5.82 Å². The predicted molar refractivity (Wildman–Crippen MR) is 124 cm³/mol. The molecule has 0 spiro atoms. The Balaban J connectivity index is 1.69. The van der Waals surface area contributed by atoms with Gasteiger partial charge in [-0.15, -0.1) is 11.3 Å². The van der Waals surface area contributed by atoms with E-state index in [4.69, 9.17) is 9.47 Å². The minimum absolute atomic E-state index is 0.0550. The van der Waals surface area contributed by atoms with E-state index >= 15 is 0 Å². The molecule has 170 valence electrons. The van der Waals surface area contributed by atoms with Crippen LogP contribution in [0.1, 0.15) is 40.5 Å². The van der Waals surface area contributed by atoms with Crippen LogP contribution >= 0.6 is 11.3 Å². The number of hydrogen-bond donors (Lipinski definition) is 3. The van der Waals surface area contributed by atoms with Gasteiger partial charge in [-0.25, -0.2) is 9.78 Å². The van der Waals surface area contributed by atoms with Crippen molar-refractivity contribution in [2.45, 2.75) is 40.0 Å². The number of amides is 3. The average molecular weight is 458 g/mol. The van der Waals surface area contributed by atoms with E-state index in [2.05, 4.69) is 25.9 Å². The standard InChI is InChI=1S/C22H27N5O4S/c1-12(2)24-22(29)25-15-8-6-14(7-9-15)10-23-19(28)18-13(3)17-20(31-5)26-16(11-30-4)27-21(17)32-18/h6-9,12H,10-11H2,1-5H3,(H,23,28)(H2,24,25,29). The lowest BCUT2D eigenvalue weighted by Gasteiger charge is -2.11. The Bertz CT molecular complexity index is 1110. The zero-order valence-electron chi connectivity index (χ0n) is 18.7. The fourth-order valence-corrected chi connectivity index (χ4v) is 4.21. The summed E-state index contributed by atoms with van der Waals surface area (Å²) in [7, 11) is 3.11. The number of aromatic nitrogens is 2. The summed E-state index contributed by atoms with van der Waals surface area (Å²) >= 11 is 1.30. The molecule has 10 heteroatoms. The first kappa shape index (κ1) is 23.4. The molecule has 3 N–H and O–H groups in total. The van der Waals surface area contributed by atoms with E-state index < -0.39 is 0 Å². The van der Waals surface area contributed by atoms with Crippen molar-refractivity contribution in [1.29, 1.82) is 0 Å². The number of ether oxygens (including phenoxy) is 2. The molecule has 0 saturated carbocycles. The van der Waals surface area contributed by atoms with Crippen molar-refractivity contribution < 1.29 is 19.1 Å². The van der Waals surface area contributed by atoms with Gasteiger partial charge in [-0.1, -0.05) is 12.1 Å². The van der Waals surface area contributed by atoms with Crippen molar-refractivity contribution >= 4 is 39.2 Å². The summed E-state index contributed by atoms with van der Waals surface area (Å²) in [6.45, 7) is 6.26. The monoisotopic (exact) mass is 457 g/mol. The van der Waals surface area contributed by atoms with Crippen molar-refractivity contribution in [3.8, 4) is 5.88 Å². The topological polar surface area (TPSA) is 114 Å². The van der Waals surface area contributed by atoms with E-state index in [1.807, 2.05) is 32.9 Å². The number of thiophene rings is 1. The minimum Gasteiger partial charge on any atom is -0.480 e. The van der Waals surface area contributed by atoms with Gasteiger partial charge in [0.25, 0.3) is 5.91 Å². The third kappa shape index (κ3) is 5.51. The molecule has 3 aromatic rings. The fourth-order valence-electron chi connectivity index (χ4n) is 3.10. The molecule has 3 amide bonds. The molecule has 2 heterocycles. The summed E-state index contributed by atoms with van der Waals surface area (Å²) in [4.78, 5) is 34.7. The number of rotatable bonds is 8. The van der Waals surface area contributed by atoms with E-state index in [1.54, 1.807) is 26.4 Å². The number of fused-ring (bicyclic) bond motifs is 1. The summed E-state index contributed by atoms with van der Waals surface area (Å²) in [6.07, 6.45) is 0. The third-order valence-corrected chi connectivity index (χ3v) is 5.75. The summed E-state index contributed by atoms with van der Waals surface area (Å²) in [6, 6.07) is 7.10. The van der Waals surface area contributed by atoms with Crippen LogP contribution < -0.4 is 20.7 Å². The Morgan fingerprint density at radius 3 is 2.47 bits per heavy atom. The summed E-state index contributed by atoms with van der Waals surface area (Å²) in [5.41, 5.74) is 2.36. The highest BCUT2D eigenvalue weighted by Gasteiger charge is 2.21. The lowest BCUT2D eigenvalue weighted by Crippen LogP contribution is -2.34. The van der Waals surface area contributed by atoms with Crippen LogP contribution in [0.4, 0.5) is 10.5 Å². The first-order chi connectivity index (χ1) is 15.3. The van der Waals surface area contributed by atoms with Crippen molar-refractivity contribution in [2.24, 2.45) is 0 Å². The second-order valence-electron chi connectivity index (χ2n) is 7.45. The fraction of sp³-hybridized carbons (Fsp3) is 0.364. The highest BCUT2D eigenvalue weighted by Crippen LogP contribution is 2.35. The molecule has 9 nitrogen and oxygen atoms in total. The molecule has 2 aromatic heterocycles. The van der Waals surface area contributed by atoms with Crippen LogP contribution in [0.2, 0.25) is 0 Å². The Morgan fingerprint density at radius 2 is 1.84 bits per heavy atom. The number of nitrogens with one attached hydrogen (secondary N) is 3. The molecule has 0 saturated heterocycles. The van der Waals surface area contributed by atoms with Gasteiger partial charge in [-0.05, 0) is 44.0 Å². The molecule has 0 unspecified atom stereocenters. The van der Waals surface area contributed by atoms with Crippen LogP contribution in [0.15, 0.2) is 24.3 Å². The first-order valence-electron chi connectivity index (χ1n) is 10.1. The number of nitrogens with zero attached hydrogens (tertiary/aromatic N) is 2. The van der Waals surface area contributed by atoms with Gasteiger partial charge >= 0.3 is 6.03 Å². The highest BCUT2D eigenvalue weighted by molar-refractivity contribution is 7.20. The molecule has 0 fully saturated rings. The molecule has 0 aliphatic carbocycles. The van der Waals surface area contributed by atoms with E-state index in [1.165, 1.54) is 11.3 Å². The van der Waals surface area contributed by atoms with E-state index in [0.717, 1.165) is 16.5 Å². The van der Waals surface area contributed by atoms with Crippen molar-refractivity contribution in [1.82, 2.24) is 20.6 Å². The molecule has 0 bridgehead atoms. The van der Waals surface area contributed by atoms with Gasteiger partial charge in [0, 0.05) is 25.4 Å². The van der Waals surface area contributed by atoms with Crippen molar-refractivity contribution in [2.75, 3.05) is 19.5 Å². The molecule has 0 atom stereocenters. The van der Waals surface area contributed by atoms with E-state index in [-0.39, 0.29) is 24.6 Å². The van der Waals surface area contributed by atoms with Gasteiger partial charge in [0.05, 0.1) is 17.4 Å². The van der Waals surface area contributed by atoms with Gasteiger partial charge < -0.3 is 25.4 Å². The molecule has 3 rings (SSSR count). The van der Waals surface area contributed by atoms with Crippen molar-refractivity contribution in [3.63, 3.8) is 0 Å². The van der Waals surface area contributed by atoms with Gasteiger partial charge in [0.1, 0.15) is 11.4 Å². The largest absolute Gasteiger partial charge is 0.480 e. The SMILES string of the molecule is COCc1nc(OC)c2c(C)c(C(=O)NCc3ccc(NC(=O)NC(C)C)cc3)sc2n1. The van der Waals surface area contributed by atoms with Gasteiger partial charge in [0.2, 0.25) is 5.88 Å². The molecule has 32 heavy (non-hydrogen) atoms. The van der Waals surface area contributed by atoms with E-state index in [9.17, 15) is 9.59 Å². The normalized spacial score (nSPS) is 10.9. The summed E-state index contributed by atoms with van der Waals surface area (Å²) in [5.74, 6) is 0.736. The lowest BCUT2D eigenvalue weighted by atomic mass is 10.2. The first-order valence-corrected chi connectivity index (χ1v) is 10.9. The smallest absolute Gasteiger partial charge is 0.319 e. The maximum Gasteiger partial charge on any atom is 0.319 e. The molecular weight excluding hydrogens is 430 g/mol. The number of methoxy groups -OCH3 is 2. The van der Waals surface area contributed by atoms with E-state index in [0.29, 0.717) is 33.6 Å². The van der Waals surface area contributed by atoms with Crippen LogP contribution in [0.25, 0.3) is 10.2 Å². The summed E-state index contributed by atoms with van der Waals surface area (Å²) in [5, 5.41) is 9.21. The number of aryl methyl sites for hydroxylation is 1. The second kappa shape index (κ2) is 10.4. The van der Waals surface area contributed by atoms with Crippen LogP contribution in [-0.4, -0.2) is 42.2 Å². The number of anilines is 1. The van der Waals surface area contributed by atoms with Gasteiger partial charge in [-0.2, -0.15) is 4.98 Å². The Labute approximate surface area is 190 Å². The maximum absolute atomic E-state index is 12.9. The molecule has 0 aliphatic heterocycles. The molecule has 0 aliphatic rings. The Morgan fingerprint density at radius 1 is 1.12 bits per heavy atom. The minimum atomic E-state index is -0.256. The third-order valence-electron chi connectivity index (χ3n) is 4.56. The van der Waals surface area contributed by atoms with Crippen molar-refractivity contribution in [3.05, 3.63) is 46.1 Å². The number of hydrogen-bond acceptors (Lipinski definition) is 7. The zero-order chi connectivity index (χ0) is 23.3. The number of carbonyl (C=O) groups excluding carboxylic acids is 2. The maximum atomic E-state index is 12.9. The predicted octanol–water partition coefficient (Wildman–Crippen LogP) is 3.61. The number of urea groups is 1. The van der Waals surface area contributed by atoms with Crippen LogP contribution in [0, 0.1) is 6.92 Å². The average Bonchev–Trinajstić information content (AvgIpc) is 3.08. The zero-order valence-corrected chi connectivity index (χ0v) is 19.6.